The van der Waals surface area contributed by atoms with E-state index in [-0.39, 0.29) is 16.2 Å². The molecule has 0 aliphatic carbocycles. The summed E-state index contributed by atoms with van der Waals surface area (Å²) in [6.07, 6.45) is 1.98. The largest absolute Gasteiger partial charge is 0.380 e. The van der Waals surface area contributed by atoms with Crippen LogP contribution in [0.4, 0.5) is 0 Å². The first-order chi connectivity index (χ1) is 9.56. The van der Waals surface area contributed by atoms with E-state index >= 15 is 0 Å². The zero-order valence-corrected chi connectivity index (χ0v) is 14.0. The maximum absolute atomic E-state index is 12.4. The van der Waals surface area contributed by atoms with Gasteiger partial charge in [-0.25, -0.2) is 13.4 Å². The molecule has 0 N–H and O–H groups in total. The molecular formula is C13H14BrNO3S2. The Morgan fingerprint density at radius 3 is 2.85 bits per heavy atom. The molecule has 4 nitrogen and oxygen atoms in total. The smallest absolute Gasteiger partial charge is 0.210 e. The average molecular weight is 376 g/mol. The van der Waals surface area contributed by atoms with Crippen LogP contribution in [0.1, 0.15) is 6.42 Å². The molecule has 0 aliphatic heterocycles. The van der Waals surface area contributed by atoms with Crippen molar-refractivity contribution < 1.29 is 13.2 Å². The number of rotatable bonds is 6. The Morgan fingerprint density at radius 2 is 2.20 bits per heavy atom. The molecule has 1 heterocycles. The second kappa shape index (κ2) is 6.80. The SMILES string of the molecule is CO[C@H](CC=CBr)CS(=O)(=O)c1nc2ccccc2s1. The van der Waals surface area contributed by atoms with E-state index in [0.717, 1.165) is 4.70 Å². The van der Waals surface area contributed by atoms with Gasteiger partial charge in [0.25, 0.3) is 0 Å². The van der Waals surface area contributed by atoms with Crippen molar-refractivity contribution in [2.75, 3.05) is 12.9 Å². The quantitative estimate of drug-likeness (QED) is 0.776. The van der Waals surface area contributed by atoms with Crippen molar-refractivity contribution in [3.63, 3.8) is 0 Å². The molecule has 0 spiro atoms. The van der Waals surface area contributed by atoms with E-state index in [1.54, 1.807) is 4.99 Å². The fourth-order valence-corrected chi connectivity index (χ4v) is 4.77. The molecule has 0 radical (unpaired) electrons. The number of para-hydroxylation sites is 1. The lowest BCUT2D eigenvalue weighted by Gasteiger charge is -2.12. The Morgan fingerprint density at radius 1 is 1.45 bits per heavy atom. The Kier molecular flexibility index (Phi) is 5.31. The number of halogens is 1. The molecule has 1 atom stereocenters. The first-order valence-corrected chi connectivity index (χ1v) is 9.31. The maximum atomic E-state index is 12.4. The topological polar surface area (TPSA) is 56.3 Å². The summed E-state index contributed by atoms with van der Waals surface area (Å²) in [5, 5.41) is 0. The van der Waals surface area contributed by atoms with Gasteiger partial charge in [-0.15, -0.1) is 11.3 Å². The van der Waals surface area contributed by atoms with Gasteiger partial charge in [0.2, 0.25) is 14.2 Å². The molecule has 2 rings (SSSR count). The Hall–Kier alpha value is -0.760. The van der Waals surface area contributed by atoms with E-state index in [9.17, 15) is 8.42 Å². The number of sulfone groups is 1. The van der Waals surface area contributed by atoms with E-state index in [1.807, 2.05) is 30.3 Å². The van der Waals surface area contributed by atoms with Gasteiger partial charge >= 0.3 is 0 Å². The van der Waals surface area contributed by atoms with Crippen LogP contribution in [-0.2, 0) is 14.6 Å². The van der Waals surface area contributed by atoms with Gasteiger partial charge in [-0.05, 0) is 23.5 Å². The van der Waals surface area contributed by atoms with Gasteiger partial charge in [0, 0.05) is 7.11 Å². The van der Waals surface area contributed by atoms with Gasteiger partial charge < -0.3 is 4.74 Å². The summed E-state index contributed by atoms with van der Waals surface area (Å²) in [4.78, 5) is 5.90. The van der Waals surface area contributed by atoms with E-state index < -0.39 is 9.84 Å². The molecule has 0 amide bonds. The molecule has 2 aromatic rings. The van der Waals surface area contributed by atoms with Crippen molar-refractivity contribution in [1.82, 2.24) is 4.98 Å². The molecule has 0 saturated heterocycles. The Labute approximate surface area is 130 Å². The van der Waals surface area contributed by atoms with E-state index in [1.165, 1.54) is 18.4 Å². The van der Waals surface area contributed by atoms with Gasteiger partial charge in [0.05, 0.1) is 22.1 Å². The van der Waals surface area contributed by atoms with Gasteiger partial charge in [-0.2, -0.15) is 0 Å². The molecule has 0 bridgehead atoms. The zero-order chi connectivity index (χ0) is 14.6. The summed E-state index contributed by atoms with van der Waals surface area (Å²) in [7, 11) is -1.92. The molecule has 108 valence electrons. The highest BCUT2D eigenvalue weighted by Gasteiger charge is 2.24. The zero-order valence-electron chi connectivity index (χ0n) is 10.8. The Bertz CT molecular complexity index is 676. The van der Waals surface area contributed by atoms with Gasteiger partial charge in [-0.1, -0.05) is 34.1 Å². The summed E-state index contributed by atoms with van der Waals surface area (Å²) >= 11 is 4.36. The number of benzene rings is 1. The van der Waals surface area contributed by atoms with Gasteiger partial charge in [0.1, 0.15) is 0 Å². The number of nitrogens with zero attached hydrogens (tertiary/aromatic N) is 1. The van der Waals surface area contributed by atoms with Crippen LogP contribution in [0.25, 0.3) is 10.2 Å². The van der Waals surface area contributed by atoms with Crippen molar-refractivity contribution >= 4 is 47.3 Å². The van der Waals surface area contributed by atoms with Crippen LogP contribution in [0.2, 0.25) is 0 Å². The normalized spacial score (nSPS) is 14.1. The monoisotopic (exact) mass is 375 g/mol. The number of methoxy groups -OCH3 is 1. The van der Waals surface area contributed by atoms with Crippen molar-refractivity contribution in [3.05, 3.63) is 35.3 Å². The highest BCUT2D eigenvalue weighted by molar-refractivity contribution is 9.11. The van der Waals surface area contributed by atoms with Crippen molar-refractivity contribution in [2.45, 2.75) is 16.9 Å². The summed E-state index contributed by atoms with van der Waals surface area (Å²) < 4.78 is 31.0. The van der Waals surface area contributed by atoms with Crippen molar-refractivity contribution in [3.8, 4) is 0 Å². The third-order valence-electron chi connectivity index (χ3n) is 2.77. The number of fused-ring (bicyclic) bond motifs is 1. The molecule has 0 unspecified atom stereocenters. The van der Waals surface area contributed by atoms with Crippen LogP contribution in [0.3, 0.4) is 0 Å². The predicted molar refractivity (Wildman–Crippen MR) is 85.2 cm³/mol. The third-order valence-corrected chi connectivity index (χ3v) is 6.42. The number of hydrogen-bond donors (Lipinski definition) is 0. The lowest BCUT2D eigenvalue weighted by Crippen LogP contribution is -2.22. The summed E-state index contributed by atoms with van der Waals surface area (Å²) in [5.74, 6) is -0.0688. The fourth-order valence-electron chi connectivity index (χ4n) is 1.74. The van der Waals surface area contributed by atoms with Crippen LogP contribution < -0.4 is 0 Å². The van der Waals surface area contributed by atoms with Gasteiger partial charge in [0.15, 0.2) is 0 Å². The number of aromatic nitrogens is 1. The van der Waals surface area contributed by atoms with Gasteiger partial charge in [-0.3, -0.25) is 0 Å². The average Bonchev–Trinajstić information content (AvgIpc) is 2.88. The van der Waals surface area contributed by atoms with Crippen LogP contribution in [-0.4, -0.2) is 32.4 Å². The second-order valence-corrected chi connectivity index (χ2v) is 7.95. The third kappa shape index (κ3) is 3.66. The number of thiazole rings is 1. The highest BCUT2D eigenvalue weighted by Crippen LogP contribution is 2.26. The minimum atomic E-state index is -3.43. The van der Waals surface area contributed by atoms with Crippen LogP contribution in [0, 0.1) is 0 Å². The van der Waals surface area contributed by atoms with Crippen LogP contribution >= 0.6 is 27.3 Å². The lowest BCUT2D eigenvalue weighted by molar-refractivity contribution is 0.123. The van der Waals surface area contributed by atoms with E-state index in [4.69, 9.17) is 4.74 Å². The molecule has 20 heavy (non-hydrogen) atoms. The molecule has 0 fully saturated rings. The fraction of sp³-hybridized carbons (Fsp3) is 0.308. The Balaban J connectivity index is 2.25. The summed E-state index contributed by atoms with van der Waals surface area (Å²) in [5.41, 5.74) is 0.713. The molecule has 7 heteroatoms. The predicted octanol–water partition coefficient (Wildman–Crippen LogP) is 3.38. The van der Waals surface area contributed by atoms with E-state index in [2.05, 4.69) is 20.9 Å². The summed E-state index contributed by atoms with van der Waals surface area (Å²) in [6, 6.07) is 7.40. The molecular weight excluding hydrogens is 362 g/mol. The number of ether oxygens (including phenoxy) is 1. The standard InChI is InChI=1S/C13H14BrNO3S2/c1-18-10(5-4-8-14)9-20(16,17)13-15-11-6-2-3-7-12(11)19-13/h2-4,6-8,10H,5,9H2,1H3/t10-/m1/s1. The molecule has 1 aromatic carbocycles. The van der Waals surface area contributed by atoms with Crippen LogP contribution in [0.5, 0.6) is 0 Å². The second-order valence-electron chi connectivity index (χ2n) is 4.18. The number of hydrogen-bond acceptors (Lipinski definition) is 5. The minimum absolute atomic E-state index is 0.0688. The minimum Gasteiger partial charge on any atom is -0.380 e. The summed E-state index contributed by atoms with van der Waals surface area (Å²) in [6.45, 7) is 0. The maximum Gasteiger partial charge on any atom is 0.210 e. The van der Waals surface area contributed by atoms with Crippen molar-refractivity contribution in [1.29, 1.82) is 0 Å². The highest BCUT2D eigenvalue weighted by atomic mass is 79.9. The van der Waals surface area contributed by atoms with E-state index in [0.29, 0.717) is 11.9 Å². The first-order valence-electron chi connectivity index (χ1n) is 5.93. The molecule has 0 aliphatic rings. The van der Waals surface area contributed by atoms with Crippen LogP contribution in [0.15, 0.2) is 39.7 Å². The lowest BCUT2D eigenvalue weighted by atomic mass is 10.3. The molecule has 1 aromatic heterocycles. The molecule has 0 saturated carbocycles. The van der Waals surface area contributed by atoms with Crippen molar-refractivity contribution in [2.24, 2.45) is 0 Å². The first kappa shape index (κ1) is 15.6.